The molecule has 0 aromatic heterocycles. The van der Waals surface area contributed by atoms with Crippen LogP contribution >= 0.6 is 11.6 Å². The van der Waals surface area contributed by atoms with Crippen LogP contribution in [0.25, 0.3) is 0 Å². The van der Waals surface area contributed by atoms with Crippen LogP contribution in [0, 0.1) is 5.82 Å². The number of aliphatic hydroxyl groups is 1. The molecule has 1 atom stereocenters. The highest BCUT2D eigenvalue weighted by molar-refractivity contribution is 6.18. The molecule has 2 aromatic carbocycles. The topological polar surface area (TPSA) is 61.4 Å². The van der Waals surface area contributed by atoms with Gasteiger partial charge in [0.1, 0.15) is 5.82 Å². The second kappa shape index (κ2) is 7.77. The van der Waals surface area contributed by atoms with E-state index in [-0.39, 0.29) is 24.1 Å². The Morgan fingerprint density at radius 3 is 2.55 bits per heavy atom. The van der Waals surface area contributed by atoms with Gasteiger partial charge in [0, 0.05) is 17.9 Å². The molecule has 6 heteroatoms. The molecule has 116 valence electrons. The number of carbonyl (C=O) groups excluding carboxylic acids is 1. The van der Waals surface area contributed by atoms with Crippen LogP contribution in [0.4, 0.5) is 15.8 Å². The number of benzene rings is 2. The summed E-state index contributed by atoms with van der Waals surface area (Å²) in [7, 11) is 0. The summed E-state index contributed by atoms with van der Waals surface area (Å²) in [5.41, 5.74) is 1.52. The third kappa shape index (κ3) is 4.44. The molecule has 0 bridgehead atoms. The summed E-state index contributed by atoms with van der Waals surface area (Å²) in [6, 6.07) is 12.4. The fraction of sp³-hybridized carbons (Fsp3) is 0.188. The van der Waals surface area contributed by atoms with E-state index >= 15 is 0 Å². The minimum Gasteiger partial charge on any atom is -0.390 e. The molecule has 0 fully saturated rings. The molecule has 22 heavy (non-hydrogen) atoms. The molecule has 0 radical (unpaired) electrons. The Bertz CT molecular complexity index is 634. The number of amides is 1. The Morgan fingerprint density at radius 1 is 1.18 bits per heavy atom. The number of nitrogens with one attached hydrogen (secondary N) is 2. The smallest absolute Gasteiger partial charge is 0.257 e. The summed E-state index contributed by atoms with van der Waals surface area (Å²) in [4.78, 5) is 12.3. The van der Waals surface area contributed by atoms with Gasteiger partial charge in [-0.1, -0.05) is 12.1 Å². The first-order valence-corrected chi connectivity index (χ1v) is 7.27. The highest BCUT2D eigenvalue weighted by Crippen LogP contribution is 2.17. The molecule has 3 N–H and O–H groups in total. The molecule has 1 amide bonds. The number of carbonyl (C=O) groups is 1. The summed E-state index contributed by atoms with van der Waals surface area (Å²) < 4.78 is 12.9. The van der Waals surface area contributed by atoms with E-state index in [9.17, 15) is 14.3 Å². The molecular weight excluding hydrogens is 307 g/mol. The second-order valence-electron chi connectivity index (χ2n) is 4.70. The van der Waals surface area contributed by atoms with Crippen LogP contribution in [0.5, 0.6) is 0 Å². The van der Waals surface area contributed by atoms with Crippen molar-refractivity contribution >= 4 is 28.9 Å². The van der Waals surface area contributed by atoms with Crippen molar-refractivity contribution in [3.8, 4) is 0 Å². The molecule has 2 rings (SSSR count). The van der Waals surface area contributed by atoms with Crippen molar-refractivity contribution < 1.29 is 14.3 Å². The highest BCUT2D eigenvalue weighted by atomic mass is 35.5. The lowest BCUT2D eigenvalue weighted by atomic mass is 10.1. The van der Waals surface area contributed by atoms with Gasteiger partial charge in [0.05, 0.1) is 17.5 Å². The Kier molecular flexibility index (Phi) is 5.75. The molecule has 0 saturated carbocycles. The quantitative estimate of drug-likeness (QED) is 0.716. The number of halogens is 2. The summed E-state index contributed by atoms with van der Waals surface area (Å²) in [6.45, 7) is 0.240. The molecule has 4 nitrogen and oxygen atoms in total. The zero-order chi connectivity index (χ0) is 15.9. The van der Waals surface area contributed by atoms with Crippen LogP contribution in [0.15, 0.2) is 48.5 Å². The zero-order valence-corrected chi connectivity index (χ0v) is 12.5. The van der Waals surface area contributed by atoms with E-state index in [1.165, 1.54) is 24.3 Å². The van der Waals surface area contributed by atoms with Crippen molar-refractivity contribution in [2.24, 2.45) is 0 Å². The number of rotatable bonds is 6. The lowest BCUT2D eigenvalue weighted by Gasteiger charge is -2.14. The molecule has 0 aliphatic rings. The van der Waals surface area contributed by atoms with Crippen LogP contribution < -0.4 is 10.6 Å². The minimum absolute atomic E-state index is 0.108. The first-order valence-electron chi connectivity index (χ1n) is 6.74. The Morgan fingerprint density at radius 2 is 1.86 bits per heavy atom. The molecular formula is C16H16ClFN2O2. The lowest BCUT2D eigenvalue weighted by Crippen LogP contribution is -2.22. The summed E-state index contributed by atoms with van der Waals surface area (Å²) in [5, 5.41) is 15.2. The van der Waals surface area contributed by atoms with Crippen molar-refractivity contribution in [2.75, 3.05) is 23.1 Å². The Balaban J connectivity index is 2.10. The number of hydrogen-bond acceptors (Lipinski definition) is 3. The fourth-order valence-electron chi connectivity index (χ4n) is 1.85. The van der Waals surface area contributed by atoms with Gasteiger partial charge in [-0.15, -0.1) is 11.6 Å². The van der Waals surface area contributed by atoms with Crippen LogP contribution in [-0.2, 0) is 0 Å². The molecule has 0 aliphatic carbocycles. The van der Waals surface area contributed by atoms with Crippen molar-refractivity contribution in [2.45, 2.75) is 6.10 Å². The molecule has 1 unspecified atom stereocenters. The fourth-order valence-corrected chi connectivity index (χ4v) is 1.96. The van der Waals surface area contributed by atoms with Gasteiger partial charge >= 0.3 is 0 Å². The SMILES string of the molecule is O=C(Nc1ccc(F)cc1)c1ccccc1NCC(O)CCl. The van der Waals surface area contributed by atoms with Gasteiger partial charge in [-0.05, 0) is 36.4 Å². The predicted molar refractivity (Wildman–Crippen MR) is 86.0 cm³/mol. The van der Waals surface area contributed by atoms with Crippen LogP contribution in [0.2, 0.25) is 0 Å². The van der Waals surface area contributed by atoms with Crippen molar-refractivity contribution in [3.05, 3.63) is 59.9 Å². The van der Waals surface area contributed by atoms with Crippen molar-refractivity contribution in [1.29, 1.82) is 0 Å². The maximum atomic E-state index is 12.9. The first-order chi connectivity index (χ1) is 10.6. The number of para-hydroxylation sites is 1. The number of aliphatic hydroxyl groups excluding tert-OH is 1. The largest absolute Gasteiger partial charge is 0.390 e. The molecule has 0 saturated heterocycles. The van der Waals surface area contributed by atoms with Crippen LogP contribution in [-0.4, -0.2) is 29.5 Å². The molecule has 0 aliphatic heterocycles. The maximum Gasteiger partial charge on any atom is 0.257 e. The van der Waals surface area contributed by atoms with Gasteiger partial charge in [-0.3, -0.25) is 4.79 Å². The first kappa shape index (κ1) is 16.3. The average Bonchev–Trinajstić information content (AvgIpc) is 2.55. The summed E-state index contributed by atoms with van der Waals surface area (Å²) >= 11 is 5.54. The minimum atomic E-state index is -0.699. The maximum absolute atomic E-state index is 12.9. The number of alkyl halides is 1. The van der Waals surface area contributed by atoms with Gasteiger partial charge in [0.15, 0.2) is 0 Å². The molecule has 0 heterocycles. The van der Waals surface area contributed by atoms with Crippen LogP contribution in [0.1, 0.15) is 10.4 Å². The highest BCUT2D eigenvalue weighted by Gasteiger charge is 2.12. The van der Waals surface area contributed by atoms with Gasteiger partial charge in [-0.25, -0.2) is 4.39 Å². The van der Waals surface area contributed by atoms with Gasteiger partial charge in [-0.2, -0.15) is 0 Å². The Hall–Kier alpha value is -2.11. The van der Waals surface area contributed by atoms with E-state index in [4.69, 9.17) is 11.6 Å². The van der Waals surface area contributed by atoms with E-state index in [1.807, 2.05) is 0 Å². The summed E-state index contributed by atoms with van der Waals surface area (Å²) in [5.74, 6) is -0.582. The lowest BCUT2D eigenvalue weighted by molar-refractivity contribution is 0.102. The van der Waals surface area contributed by atoms with Crippen molar-refractivity contribution in [3.63, 3.8) is 0 Å². The van der Waals surface area contributed by atoms with E-state index in [1.54, 1.807) is 24.3 Å². The van der Waals surface area contributed by atoms with Gasteiger partial charge < -0.3 is 15.7 Å². The van der Waals surface area contributed by atoms with Crippen LogP contribution in [0.3, 0.4) is 0 Å². The normalized spacial score (nSPS) is 11.8. The second-order valence-corrected chi connectivity index (χ2v) is 5.00. The zero-order valence-electron chi connectivity index (χ0n) is 11.7. The van der Waals surface area contributed by atoms with Crippen molar-refractivity contribution in [1.82, 2.24) is 0 Å². The molecule has 0 spiro atoms. The average molecular weight is 323 g/mol. The Labute approximate surface area is 132 Å². The molecule has 2 aromatic rings. The monoisotopic (exact) mass is 322 g/mol. The van der Waals surface area contributed by atoms with E-state index in [0.29, 0.717) is 16.9 Å². The van der Waals surface area contributed by atoms with E-state index in [2.05, 4.69) is 10.6 Å². The van der Waals surface area contributed by atoms with E-state index < -0.39 is 6.10 Å². The number of anilines is 2. The third-order valence-electron chi connectivity index (χ3n) is 2.98. The standard InChI is InChI=1S/C16H16ClFN2O2/c17-9-13(21)10-19-15-4-2-1-3-14(15)16(22)20-12-7-5-11(18)6-8-12/h1-8,13,19,21H,9-10H2,(H,20,22). The number of hydrogen-bond donors (Lipinski definition) is 3. The predicted octanol–water partition coefficient (Wildman–Crippen LogP) is 3.09. The summed E-state index contributed by atoms with van der Waals surface area (Å²) in [6.07, 6.45) is -0.699. The third-order valence-corrected chi connectivity index (χ3v) is 3.34. The van der Waals surface area contributed by atoms with Gasteiger partial charge in [0.25, 0.3) is 5.91 Å². The van der Waals surface area contributed by atoms with E-state index in [0.717, 1.165) is 0 Å². The van der Waals surface area contributed by atoms with Gasteiger partial charge in [0.2, 0.25) is 0 Å².